The van der Waals surface area contributed by atoms with Crippen LogP contribution in [0.3, 0.4) is 0 Å². The summed E-state index contributed by atoms with van der Waals surface area (Å²) >= 11 is 0. The van der Waals surface area contributed by atoms with Gasteiger partial charge in [0.05, 0.1) is 33.8 Å². The van der Waals surface area contributed by atoms with Crippen LogP contribution in [0.25, 0.3) is 87.8 Å². The Balaban J connectivity index is 1.18. The normalized spacial score (nSPS) is 12.1. The Morgan fingerprint density at radius 1 is 0.386 bits per heavy atom. The van der Waals surface area contributed by atoms with Crippen molar-refractivity contribution in [3.05, 3.63) is 152 Å². The molecule has 0 aliphatic carbocycles. The molecule has 0 spiro atoms. The van der Waals surface area contributed by atoms with Crippen LogP contribution in [0.1, 0.15) is 0 Å². The van der Waals surface area contributed by atoms with Gasteiger partial charge in [-0.05, 0) is 82.9 Å². The molecule has 10 rings (SSSR count). The van der Waals surface area contributed by atoms with Gasteiger partial charge in [-0.3, -0.25) is 4.98 Å². The average molecular weight is 560 g/mol. The van der Waals surface area contributed by atoms with Crippen LogP contribution in [0, 0.1) is 0 Å². The van der Waals surface area contributed by atoms with E-state index >= 15 is 0 Å². The van der Waals surface area contributed by atoms with E-state index in [9.17, 15) is 0 Å². The number of aromatic nitrogens is 3. The standard InChI is InChI=1S/C41H25N3/c1-2-11-30(12-3-1)43-39-18-17-28(22-34(39)33-19-20-42-25-40(33)43)26-9-8-10-27(21-26)29-23-35-31-13-4-6-15-37(31)44-38-16-7-5-14-32(38)36(24-29)41(35)44/h1-25H. The van der Waals surface area contributed by atoms with Gasteiger partial charge in [0.15, 0.2) is 0 Å². The molecule has 0 unspecified atom stereocenters. The van der Waals surface area contributed by atoms with Gasteiger partial charge < -0.3 is 8.97 Å². The highest BCUT2D eigenvalue weighted by molar-refractivity contribution is 6.24. The highest BCUT2D eigenvalue weighted by atomic mass is 15.0. The van der Waals surface area contributed by atoms with E-state index in [4.69, 9.17) is 0 Å². The topological polar surface area (TPSA) is 22.2 Å². The molecule has 0 N–H and O–H groups in total. The van der Waals surface area contributed by atoms with Crippen molar-refractivity contribution in [3.8, 4) is 27.9 Å². The fraction of sp³-hybridized carbons (Fsp3) is 0. The lowest BCUT2D eigenvalue weighted by Gasteiger charge is -2.09. The van der Waals surface area contributed by atoms with E-state index in [0.717, 1.165) is 11.2 Å². The molecular formula is C41H25N3. The van der Waals surface area contributed by atoms with Crippen molar-refractivity contribution in [2.75, 3.05) is 0 Å². The molecule has 204 valence electrons. The van der Waals surface area contributed by atoms with Crippen molar-refractivity contribution in [1.82, 2.24) is 14.0 Å². The summed E-state index contributed by atoms with van der Waals surface area (Å²) < 4.78 is 4.75. The molecule has 0 amide bonds. The van der Waals surface area contributed by atoms with Crippen LogP contribution in [0.5, 0.6) is 0 Å². The molecule has 4 aromatic heterocycles. The van der Waals surface area contributed by atoms with Gasteiger partial charge in [0, 0.05) is 44.2 Å². The van der Waals surface area contributed by atoms with Gasteiger partial charge in [0.25, 0.3) is 0 Å². The third-order valence-corrected chi connectivity index (χ3v) is 9.32. The Morgan fingerprint density at radius 2 is 1.00 bits per heavy atom. The van der Waals surface area contributed by atoms with Gasteiger partial charge in [-0.25, -0.2) is 0 Å². The third kappa shape index (κ3) is 3.18. The fourth-order valence-corrected chi connectivity index (χ4v) is 7.40. The van der Waals surface area contributed by atoms with Crippen LogP contribution >= 0.6 is 0 Å². The van der Waals surface area contributed by atoms with Gasteiger partial charge >= 0.3 is 0 Å². The molecule has 0 aliphatic heterocycles. The molecule has 0 saturated carbocycles. The SMILES string of the molecule is c1ccc(-n2c3ccc(-c4cccc(-c5cc6c7ccccc7n7c8ccccc8c(c5)c67)c4)cc3c3ccncc32)cc1. The molecular weight excluding hydrogens is 534 g/mol. The van der Waals surface area contributed by atoms with Crippen molar-refractivity contribution in [1.29, 1.82) is 0 Å². The number of fused-ring (bicyclic) bond motifs is 9. The van der Waals surface area contributed by atoms with Crippen LogP contribution < -0.4 is 0 Å². The summed E-state index contributed by atoms with van der Waals surface area (Å²) in [5.74, 6) is 0. The maximum atomic E-state index is 4.47. The average Bonchev–Trinajstić information content (AvgIpc) is 3.73. The number of rotatable bonds is 3. The Labute approximate surface area is 253 Å². The monoisotopic (exact) mass is 559 g/mol. The van der Waals surface area contributed by atoms with Crippen LogP contribution in [0.4, 0.5) is 0 Å². The lowest BCUT2D eigenvalue weighted by molar-refractivity contribution is 1.17. The smallest absolute Gasteiger partial charge is 0.0724 e. The predicted molar refractivity (Wildman–Crippen MR) is 184 cm³/mol. The van der Waals surface area contributed by atoms with Gasteiger partial charge in [-0.1, -0.05) is 78.9 Å². The van der Waals surface area contributed by atoms with Crippen molar-refractivity contribution in [2.45, 2.75) is 0 Å². The Hall–Kier alpha value is -5.93. The molecule has 0 bridgehead atoms. The van der Waals surface area contributed by atoms with Crippen molar-refractivity contribution in [2.24, 2.45) is 0 Å². The first-order chi connectivity index (χ1) is 21.8. The minimum Gasteiger partial charge on any atom is -0.308 e. The summed E-state index contributed by atoms with van der Waals surface area (Å²) in [6.07, 6.45) is 3.86. The first-order valence-corrected chi connectivity index (χ1v) is 15.0. The molecule has 0 aliphatic rings. The van der Waals surface area contributed by atoms with Crippen LogP contribution in [0.15, 0.2) is 152 Å². The second-order valence-electron chi connectivity index (χ2n) is 11.7. The second-order valence-corrected chi connectivity index (χ2v) is 11.7. The van der Waals surface area contributed by atoms with Crippen LogP contribution in [0.2, 0.25) is 0 Å². The third-order valence-electron chi connectivity index (χ3n) is 9.32. The summed E-state index contributed by atoms with van der Waals surface area (Å²) in [6, 6.07) is 50.8. The van der Waals surface area contributed by atoms with E-state index in [1.165, 1.54) is 76.6 Å². The molecule has 0 atom stereocenters. The number of pyridine rings is 1. The number of hydrogen-bond acceptors (Lipinski definition) is 1. The number of nitrogens with zero attached hydrogens (tertiary/aromatic N) is 3. The molecule has 10 aromatic rings. The van der Waals surface area contributed by atoms with E-state index in [0.29, 0.717) is 0 Å². The maximum absolute atomic E-state index is 4.47. The molecule has 0 saturated heterocycles. The van der Waals surface area contributed by atoms with E-state index in [2.05, 4.69) is 153 Å². The Morgan fingerprint density at radius 3 is 1.75 bits per heavy atom. The van der Waals surface area contributed by atoms with Gasteiger partial charge in [0.1, 0.15) is 0 Å². The van der Waals surface area contributed by atoms with E-state index in [-0.39, 0.29) is 0 Å². The summed E-state index contributed by atoms with van der Waals surface area (Å²) in [5, 5.41) is 7.64. The van der Waals surface area contributed by atoms with Gasteiger partial charge in [0.2, 0.25) is 0 Å². The quantitative estimate of drug-likeness (QED) is 0.211. The minimum atomic E-state index is 1.12. The second kappa shape index (κ2) is 8.79. The number of benzene rings is 6. The predicted octanol–water partition coefficient (Wildman–Crippen LogP) is 10.7. The summed E-state index contributed by atoms with van der Waals surface area (Å²) in [5.41, 5.74) is 12.1. The largest absolute Gasteiger partial charge is 0.308 e. The molecule has 44 heavy (non-hydrogen) atoms. The lowest BCUT2D eigenvalue weighted by atomic mass is 9.95. The Kier molecular flexibility index (Phi) is 4.72. The van der Waals surface area contributed by atoms with E-state index < -0.39 is 0 Å². The molecule has 3 heteroatoms. The van der Waals surface area contributed by atoms with Gasteiger partial charge in [-0.15, -0.1) is 0 Å². The first kappa shape index (κ1) is 23.6. The van der Waals surface area contributed by atoms with Crippen molar-refractivity contribution in [3.63, 3.8) is 0 Å². The highest BCUT2D eigenvalue weighted by Crippen LogP contribution is 2.42. The number of para-hydroxylation sites is 3. The molecule has 3 nitrogen and oxygen atoms in total. The zero-order chi connectivity index (χ0) is 28.8. The van der Waals surface area contributed by atoms with Crippen LogP contribution in [-0.2, 0) is 0 Å². The number of hydrogen-bond donors (Lipinski definition) is 0. The van der Waals surface area contributed by atoms with E-state index in [1.807, 2.05) is 12.4 Å². The molecule has 0 radical (unpaired) electrons. The van der Waals surface area contributed by atoms with Gasteiger partial charge in [-0.2, -0.15) is 0 Å². The Bertz CT molecular complexity index is 2630. The fourth-order valence-electron chi connectivity index (χ4n) is 7.40. The summed E-state index contributed by atoms with van der Waals surface area (Å²) in [7, 11) is 0. The van der Waals surface area contributed by atoms with Crippen molar-refractivity contribution >= 4 is 59.9 Å². The molecule has 6 aromatic carbocycles. The molecule has 0 fully saturated rings. The molecule has 4 heterocycles. The zero-order valence-corrected chi connectivity index (χ0v) is 23.8. The minimum absolute atomic E-state index is 1.12. The first-order valence-electron chi connectivity index (χ1n) is 15.0. The maximum Gasteiger partial charge on any atom is 0.0724 e. The zero-order valence-electron chi connectivity index (χ0n) is 23.8. The van der Waals surface area contributed by atoms with Crippen molar-refractivity contribution < 1.29 is 0 Å². The van der Waals surface area contributed by atoms with E-state index in [1.54, 1.807) is 0 Å². The van der Waals surface area contributed by atoms with Crippen LogP contribution in [-0.4, -0.2) is 14.0 Å². The summed E-state index contributed by atoms with van der Waals surface area (Å²) in [6.45, 7) is 0. The summed E-state index contributed by atoms with van der Waals surface area (Å²) in [4.78, 5) is 4.47. The lowest BCUT2D eigenvalue weighted by Crippen LogP contribution is -1.93. The highest BCUT2D eigenvalue weighted by Gasteiger charge is 2.19.